The van der Waals surface area contributed by atoms with Crippen LogP contribution in [0.2, 0.25) is 0 Å². The van der Waals surface area contributed by atoms with Crippen LogP contribution in [0.3, 0.4) is 0 Å². The van der Waals surface area contributed by atoms with Gasteiger partial charge in [0.25, 0.3) is 0 Å². The number of aliphatic hydroxyl groups is 11. The zero-order valence-electron chi connectivity index (χ0n) is 26.0. The molecule has 15 atom stereocenters. The fraction of sp³-hybridized carbons (Fsp3) is 0.724. The maximum Gasteiger partial charge on any atom is 0.229 e. The predicted octanol–water partition coefficient (Wildman–Crippen LogP) is -5.46. The van der Waals surface area contributed by atoms with Gasteiger partial charge >= 0.3 is 0 Å². The van der Waals surface area contributed by atoms with Crippen molar-refractivity contribution in [2.75, 3.05) is 40.6 Å². The Labute approximate surface area is 274 Å². The third kappa shape index (κ3) is 8.36. The Bertz CT molecular complexity index is 1160. The molecule has 0 aromatic heterocycles. The molecule has 274 valence electrons. The van der Waals surface area contributed by atoms with E-state index in [4.69, 9.17) is 37.9 Å². The van der Waals surface area contributed by atoms with Crippen molar-refractivity contribution in [3.8, 4) is 17.2 Å². The van der Waals surface area contributed by atoms with Crippen LogP contribution in [-0.2, 0) is 23.7 Å². The zero-order valence-corrected chi connectivity index (χ0v) is 26.0. The number of hydrogen-bond donors (Lipinski definition) is 11. The number of methoxy groups -OCH3 is 2. The smallest absolute Gasteiger partial charge is 0.229 e. The minimum Gasteiger partial charge on any atom is -0.493 e. The Kier molecular flexibility index (Phi) is 13.7. The molecule has 1 aromatic carbocycles. The second-order valence-electron chi connectivity index (χ2n) is 11.4. The van der Waals surface area contributed by atoms with Crippen molar-refractivity contribution in [3.63, 3.8) is 0 Å². The second-order valence-corrected chi connectivity index (χ2v) is 11.4. The lowest BCUT2D eigenvalue weighted by atomic mass is 9.98. The summed E-state index contributed by atoms with van der Waals surface area (Å²) < 4.78 is 43.9. The van der Waals surface area contributed by atoms with E-state index in [-0.39, 0.29) is 23.9 Å². The predicted molar refractivity (Wildman–Crippen MR) is 155 cm³/mol. The molecule has 11 N–H and O–H groups in total. The van der Waals surface area contributed by atoms with E-state index in [1.54, 1.807) is 6.08 Å². The molecule has 0 saturated carbocycles. The second kappa shape index (κ2) is 17.1. The molecule has 19 nitrogen and oxygen atoms in total. The Morgan fingerprint density at radius 3 is 1.50 bits per heavy atom. The highest BCUT2D eigenvalue weighted by Gasteiger charge is 2.48. The highest BCUT2D eigenvalue weighted by molar-refractivity contribution is 5.62. The quantitative estimate of drug-likeness (QED) is 0.0917. The first-order valence-corrected chi connectivity index (χ1v) is 15.0. The molecule has 0 radical (unpaired) electrons. The molecular weight excluding hydrogens is 652 g/mol. The molecule has 0 bridgehead atoms. The van der Waals surface area contributed by atoms with Gasteiger partial charge in [0.1, 0.15) is 73.2 Å². The standard InChI is InChI=1S/C29H44O19/c1-41-12-6-11(4-3-5-43-27-23(38)20(35)17(32)14(8-30)45-27)7-13(42-2)26(12)48-29-25(40)22(37)19(34)16(47-29)10-44-28-24(39)21(36)18(33)15(9-31)46-28/h3-4,6-7,14-25,27-40H,5,8-10H2,1-2H3/b4-3+/t14-,15-,16-,17-,18-,19-,20+,21+,22+,23-,24-,25-,27-,28-,29+/m1/s1. The first kappa shape index (κ1) is 38.5. The van der Waals surface area contributed by atoms with Crippen LogP contribution >= 0.6 is 0 Å². The lowest BCUT2D eigenvalue weighted by Crippen LogP contribution is -2.62. The van der Waals surface area contributed by atoms with E-state index in [0.29, 0.717) is 5.56 Å². The van der Waals surface area contributed by atoms with E-state index in [9.17, 15) is 56.2 Å². The van der Waals surface area contributed by atoms with Gasteiger partial charge in [-0.1, -0.05) is 12.2 Å². The molecule has 0 spiro atoms. The van der Waals surface area contributed by atoms with Crippen molar-refractivity contribution in [2.24, 2.45) is 0 Å². The van der Waals surface area contributed by atoms with Gasteiger partial charge in [-0.2, -0.15) is 0 Å². The average Bonchev–Trinajstić information content (AvgIpc) is 3.09. The van der Waals surface area contributed by atoms with Crippen LogP contribution < -0.4 is 14.2 Å². The van der Waals surface area contributed by atoms with Crippen molar-refractivity contribution < 1.29 is 94.1 Å². The van der Waals surface area contributed by atoms with E-state index in [2.05, 4.69) is 0 Å². The molecule has 0 unspecified atom stereocenters. The van der Waals surface area contributed by atoms with Gasteiger partial charge in [-0.3, -0.25) is 0 Å². The van der Waals surface area contributed by atoms with Crippen LogP contribution in [0.4, 0.5) is 0 Å². The summed E-state index contributed by atoms with van der Waals surface area (Å²) in [5.41, 5.74) is 0.500. The van der Waals surface area contributed by atoms with E-state index >= 15 is 0 Å². The van der Waals surface area contributed by atoms with E-state index < -0.39 is 112 Å². The van der Waals surface area contributed by atoms with Crippen LogP contribution in [0.5, 0.6) is 17.2 Å². The minimum atomic E-state index is -1.80. The summed E-state index contributed by atoms with van der Waals surface area (Å²) in [4.78, 5) is 0. The SMILES string of the molecule is COc1cc(/C=C/CO[C@@H]2O[C@H](CO)[C@@H](O)[C@H](O)[C@H]2O)cc(OC)c1O[C@@H]1O[C@H](CO[C@@H]2O[C@H](CO)[C@@H](O)[C@H](O)[C@H]2O)[C@@H](O)[C@H](O)[C@H]1O. The summed E-state index contributed by atoms with van der Waals surface area (Å²) in [6.45, 7) is -1.98. The van der Waals surface area contributed by atoms with Gasteiger partial charge in [0.05, 0.1) is 40.6 Å². The number of ether oxygens (including phenoxy) is 8. The van der Waals surface area contributed by atoms with Gasteiger partial charge in [0, 0.05) is 0 Å². The molecule has 3 heterocycles. The third-order valence-corrected chi connectivity index (χ3v) is 8.17. The van der Waals surface area contributed by atoms with Gasteiger partial charge in [0.2, 0.25) is 12.0 Å². The molecular formula is C29H44O19. The Morgan fingerprint density at radius 2 is 1.02 bits per heavy atom. The lowest BCUT2D eigenvalue weighted by Gasteiger charge is -2.42. The molecule has 0 amide bonds. The van der Waals surface area contributed by atoms with Crippen LogP contribution in [0.25, 0.3) is 6.08 Å². The first-order valence-electron chi connectivity index (χ1n) is 15.0. The summed E-state index contributed by atoms with van der Waals surface area (Å²) in [7, 11) is 2.65. The number of hydrogen-bond acceptors (Lipinski definition) is 19. The molecule has 48 heavy (non-hydrogen) atoms. The number of aliphatic hydroxyl groups excluding tert-OH is 11. The van der Waals surface area contributed by atoms with Gasteiger partial charge in [-0.25, -0.2) is 0 Å². The summed E-state index contributed by atoms with van der Waals surface area (Å²) in [5.74, 6) is 0.125. The third-order valence-electron chi connectivity index (χ3n) is 8.17. The number of benzene rings is 1. The molecule has 3 aliphatic rings. The van der Waals surface area contributed by atoms with Crippen molar-refractivity contribution in [1.82, 2.24) is 0 Å². The van der Waals surface area contributed by atoms with E-state index in [1.165, 1.54) is 32.4 Å². The van der Waals surface area contributed by atoms with Gasteiger partial charge in [0.15, 0.2) is 24.1 Å². The fourth-order valence-corrected chi connectivity index (χ4v) is 5.31. The summed E-state index contributed by atoms with van der Waals surface area (Å²) >= 11 is 0. The Hall–Kier alpha value is -2.28. The first-order chi connectivity index (χ1) is 22.9. The van der Waals surface area contributed by atoms with Crippen LogP contribution in [0.15, 0.2) is 18.2 Å². The van der Waals surface area contributed by atoms with Crippen molar-refractivity contribution in [2.45, 2.75) is 92.1 Å². The van der Waals surface area contributed by atoms with Gasteiger partial charge in [-0.05, 0) is 17.7 Å². The van der Waals surface area contributed by atoms with Crippen molar-refractivity contribution in [1.29, 1.82) is 0 Å². The molecule has 3 saturated heterocycles. The highest BCUT2D eigenvalue weighted by Crippen LogP contribution is 2.41. The topological polar surface area (TPSA) is 296 Å². The van der Waals surface area contributed by atoms with Crippen LogP contribution in [-0.4, -0.2) is 189 Å². The summed E-state index contributed by atoms with van der Waals surface area (Å²) in [5, 5.41) is 111. The monoisotopic (exact) mass is 696 g/mol. The lowest BCUT2D eigenvalue weighted by molar-refractivity contribution is -0.323. The Balaban J connectivity index is 1.42. The molecule has 3 aliphatic heterocycles. The highest BCUT2D eigenvalue weighted by atomic mass is 16.7. The maximum absolute atomic E-state index is 10.7. The van der Waals surface area contributed by atoms with Crippen molar-refractivity contribution >= 4 is 6.08 Å². The molecule has 4 rings (SSSR count). The van der Waals surface area contributed by atoms with E-state index in [0.717, 1.165) is 0 Å². The van der Waals surface area contributed by atoms with E-state index in [1.807, 2.05) is 0 Å². The summed E-state index contributed by atoms with van der Waals surface area (Å²) in [6, 6.07) is 3.03. The van der Waals surface area contributed by atoms with Crippen LogP contribution in [0, 0.1) is 0 Å². The average molecular weight is 697 g/mol. The molecule has 19 heteroatoms. The molecule has 0 aliphatic carbocycles. The normalized spacial score (nSPS) is 40.6. The zero-order chi connectivity index (χ0) is 35.3. The minimum absolute atomic E-state index is 0.0593. The fourth-order valence-electron chi connectivity index (χ4n) is 5.31. The van der Waals surface area contributed by atoms with Gasteiger partial charge in [-0.15, -0.1) is 0 Å². The molecule has 3 fully saturated rings. The van der Waals surface area contributed by atoms with Crippen molar-refractivity contribution in [3.05, 3.63) is 23.8 Å². The number of rotatable bonds is 13. The van der Waals surface area contributed by atoms with Crippen LogP contribution in [0.1, 0.15) is 5.56 Å². The Morgan fingerprint density at radius 1 is 0.583 bits per heavy atom. The maximum atomic E-state index is 10.7. The molecule has 1 aromatic rings. The summed E-state index contributed by atoms with van der Waals surface area (Å²) in [6.07, 6.45) is -20.2. The van der Waals surface area contributed by atoms with Gasteiger partial charge < -0.3 is 94.1 Å². The largest absolute Gasteiger partial charge is 0.493 e.